The number of anilines is 1. The normalized spacial score (nSPS) is 17.4. The summed E-state index contributed by atoms with van der Waals surface area (Å²) in [6, 6.07) is 4.39. The van der Waals surface area contributed by atoms with Gasteiger partial charge in [0.1, 0.15) is 5.75 Å². The van der Waals surface area contributed by atoms with E-state index in [-0.39, 0.29) is 23.9 Å². The van der Waals surface area contributed by atoms with Crippen LogP contribution < -0.4 is 10.1 Å². The van der Waals surface area contributed by atoms with Gasteiger partial charge in [-0.2, -0.15) is 4.31 Å². The van der Waals surface area contributed by atoms with E-state index in [4.69, 9.17) is 4.74 Å². The first kappa shape index (κ1) is 16.3. The van der Waals surface area contributed by atoms with Crippen LogP contribution in [0.3, 0.4) is 0 Å². The quantitative estimate of drug-likeness (QED) is 0.810. The molecule has 0 bridgehead atoms. The molecular weight excluding hydrogens is 304 g/mol. The van der Waals surface area contributed by atoms with E-state index in [0.717, 1.165) is 0 Å². The topological polar surface area (TPSA) is 75.7 Å². The van der Waals surface area contributed by atoms with Crippen molar-refractivity contribution in [2.45, 2.75) is 17.9 Å². The Balaban J connectivity index is 2.40. The molecule has 1 amide bonds. The Morgan fingerprint density at radius 2 is 1.95 bits per heavy atom. The Labute approximate surface area is 130 Å². The summed E-state index contributed by atoms with van der Waals surface area (Å²) in [7, 11) is -3.71. The fraction of sp³-hybridized carbons (Fsp3) is 0.267. The van der Waals surface area contributed by atoms with Crippen molar-refractivity contribution in [1.29, 1.82) is 0 Å². The molecule has 0 aliphatic carbocycles. The Bertz CT molecular complexity index is 702. The van der Waals surface area contributed by atoms with Crippen molar-refractivity contribution in [3.8, 4) is 5.75 Å². The zero-order chi connectivity index (χ0) is 16.3. The second-order valence-electron chi connectivity index (χ2n) is 4.81. The number of carbonyl (C=O) groups excluding carboxylic acids is 1. The molecule has 1 aromatic carbocycles. The number of hydrogen-bond donors (Lipinski definition) is 1. The Kier molecular flexibility index (Phi) is 4.68. The van der Waals surface area contributed by atoms with Gasteiger partial charge < -0.3 is 10.1 Å². The van der Waals surface area contributed by atoms with Crippen molar-refractivity contribution < 1.29 is 17.9 Å². The van der Waals surface area contributed by atoms with Gasteiger partial charge in [-0.15, -0.1) is 13.2 Å². The molecule has 0 saturated heterocycles. The Morgan fingerprint density at radius 3 is 2.55 bits per heavy atom. The molecule has 1 aromatic rings. The number of nitrogens with zero attached hydrogens (tertiary/aromatic N) is 1. The standard InChI is InChI=1S/C15H18N2O4S/c1-4-8-17(9-5-2)22(19,20)12-6-7-14-13(10-12)16-15(18)11(3)21-14/h4-7,10-11H,1-2,8-9H2,3H3,(H,16,18). The third kappa shape index (κ3) is 3.05. The lowest BCUT2D eigenvalue weighted by Gasteiger charge is -2.25. The summed E-state index contributed by atoms with van der Waals surface area (Å²) in [6.07, 6.45) is 2.41. The number of fused-ring (bicyclic) bond motifs is 1. The lowest BCUT2D eigenvalue weighted by molar-refractivity contribution is -0.122. The Hall–Kier alpha value is -2.12. The van der Waals surface area contributed by atoms with Gasteiger partial charge >= 0.3 is 0 Å². The van der Waals surface area contributed by atoms with E-state index in [1.54, 1.807) is 6.92 Å². The summed E-state index contributed by atoms with van der Waals surface area (Å²) in [5, 5.41) is 2.64. The number of nitrogens with one attached hydrogen (secondary N) is 1. The van der Waals surface area contributed by atoms with Crippen LogP contribution in [-0.2, 0) is 14.8 Å². The monoisotopic (exact) mass is 322 g/mol. The number of sulfonamides is 1. The molecule has 118 valence electrons. The molecule has 0 radical (unpaired) electrons. The van der Waals surface area contributed by atoms with E-state index in [2.05, 4.69) is 18.5 Å². The summed E-state index contributed by atoms with van der Waals surface area (Å²) in [4.78, 5) is 11.7. The molecule has 1 atom stereocenters. The van der Waals surface area contributed by atoms with Crippen LogP contribution in [0.4, 0.5) is 5.69 Å². The number of carbonyl (C=O) groups is 1. The summed E-state index contributed by atoms with van der Waals surface area (Å²) >= 11 is 0. The average Bonchev–Trinajstić information content (AvgIpc) is 2.47. The van der Waals surface area contributed by atoms with E-state index >= 15 is 0 Å². The van der Waals surface area contributed by atoms with Crippen LogP contribution in [0.15, 0.2) is 48.4 Å². The van der Waals surface area contributed by atoms with Crippen molar-refractivity contribution in [3.63, 3.8) is 0 Å². The van der Waals surface area contributed by atoms with E-state index < -0.39 is 16.1 Å². The summed E-state index contributed by atoms with van der Waals surface area (Å²) in [5.41, 5.74) is 0.348. The maximum absolute atomic E-state index is 12.6. The molecule has 1 unspecified atom stereocenters. The van der Waals surface area contributed by atoms with Crippen LogP contribution in [0.25, 0.3) is 0 Å². The number of hydrogen-bond acceptors (Lipinski definition) is 4. The maximum atomic E-state index is 12.6. The molecule has 6 nitrogen and oxygen atoms in total. The molecule has 2 rings (SSSR count). The minimum absolute atomic E-state index is 0.0772. The first-order valence-corrected chi connectivity index (χ1v) is 8.17. The predicted molar refractivity (Wildman–Crippen MR) is 84.3 cm³/mol. The van der Waals surface area contributed by atoms with Gasteiger partial charge in [0.05, 0.1) is 10.6 Å². The van der Waals surface area contributed by atoms with Gasteiger partial charge in [0, 0.05) is 13.1 Å². The van der Waals surface area contributed by atoms with Gasteiger partial charge in [0.2, 0.25) is 10.0 Å². The molecule has 0 saturated carbocycles. The number of rotatable bonds is 6. The summed E-state index contributed by atoms with van der Waals surface area (Å²) in [5.74, 6) is 0.140. The first-order chi connectivity index (χ1) is 10.4. The van der Waals surface area contributed by atoms with Crippen LogP contribution in [0, 0.1) is 0 Å². The molecule has 0 spiro atoms. The molecular formula is C15H18N2O4S. The fourth-order valence-corrected chi connectivity index (χ4v) is 3.46. The van der Waals surface area contributed by atoms with Gasteiger partial charge in [-0.1, -0.05) is 12.2 Å². The van der Waals surface area contributed by atoms with Crippen LogP contribution in [0.1, 0.15) is 6.92 Å². The zero-order valence-corrected chi connectivity index (χ0v) is 13.1. The van der Waals surface area contributed by atoms with E-state index in [1.165, 1.54) is 34.7 Å². The van der Waals surface area contributed by atoms with Crippen molar-refractivity contribution in [2.75, 3.05) is 18.4 Å². The van der Waals surface area contributed by atoms with Crippen molar-refractivity contribution in [2.24, 2.45) is 0 Å². The lowest BCUT2D eigenvalue weighted by Crippen LogP contribution is -2.35. The lowest BCUT2D eigenvalue weighted by atomic mass is 10.2. The van der Waals surface area contributed by atoms with Gasteiger partial charge in [-0.05, 0) is 25.1 Å². The minimum atomic E-state index is -3.71. The molecule has 22 heavy (non-hydrogen) atoms. The van der Waals surface area contributed by atoms with Crippen LogP contribution in [-0.4, -0.2) is 37.8 Å². The molecule has 7 heteroatoms. The van der Waals surface area contributed by atoms with Gasteiger partial charge in [0.25, 0.3) is 5.91 Å². The molecule has 0 fully saturated rings. The molecule has 1 heterocycles. The number of amides is 1. The second-order valence-corrected chi connectivity index (χ2v) is 6.74. The molecule has 0 aromatic heterocycles. The molecule has 1 N–H and O–H groups in total. The SMILES string of the molecule is C=CCN(CC=C)S(=O)(=O)c1ccc2c(c1)NC(=O)C(C)O2. The molecule has 1 aliphatic heterocycles. The summed E-state index contributed by atoms with van der Waals surface area (Å²) in [6.45, 7) is 9.09. The number of ether oxygens (including phenoxy) is 1. The second kappa shape index (κ2) is 6.33. The van der Waals surface area contributed by atoms with E-state index in [1.807, 2.05) is 0 Å². The minimum Gasteiger partial charge on any atom is -0.479 e. The van der Waals surface area contributed by atoms with Gasteiger partial charge in [-0.3, -0.25) is 4.79 Å². The smallest absolute Gasteiger partial charge is 0.265 e. The predicted octanol–water partition coefficient (Wildman–Crippen LogP) is 1.77. The highest BCUT2D eigenvalue weighted by Gasteiger charge is 2.27. The molecule has 1 aliphatic rings. The fourth-order valence-electron chi connectivity index (χ4n) is 2.06. The highest BCUT2D eigenvalue weighted by atomic mass is 32.2. The highest BCUT2D eigenvalue weighted by molar-refractivity contribution is 7.89. The summed E-state index contributed by atoms with van der Waals surface area (Å²) < 4.78 is 31.9. The first-order valence-electron chi connectivity index (χ1n) is 6.73. The van der Waals surface area contributed by atoms with Crippen molar-refractivity contribution in [3.05, 3.63) is 43.5 Å². The number of benzene rings is 1. The maximum Gasteiger partial charge on any atom is 0.265 e. The van der Waals surface area contributed by atoms with Crippen molar-refractivity contribution in [1.82, 2.24) is 4.31 Å². The largest absolute Gasteiger partial charge is 0.479 e. The van der Waals surface area contributed by atoms with E-state index in [0.29, 0.717) is 11.4 Å². The van der Waals surface area contributed by atoms with Crippen molar-refractivity contribution >= 4 is 21.6 Å². The zero-order valence-electron chi connectivity index (χ0n) is 12.3. The van der Waals surface area contributed by atoms with Gasteiger partial charge in [-0.25, -0.2) is 8.42 Å². The van der Waals surface area contributed by atoms with Crippen LogP contribution in [0.2, 0.25) is 0 Å². The van der Waals surface area contributed by atoms with E-state index in [9.17, 15) is 13.2 Å². The van der Waals surface area contributed by atoms with Crippen LogP contribution in [0.5, 0.6) is 5.75 Å². The third-order valence-electron chi connectivity index (χ3n) is 3.19. The van der Waals surface area contributed by atoms with Crippen LogP contribution >= 0.6 is 0 Å². The average molecular weight is 322 g/mol. The third-order valence-corrected chi connectivity index (χ3v) is 5.01. The Morgan fingerprint density at radius 1 is 1.32 bits per heavy atom. The highest BCUT2D eigenvalue weighted by Crippen LogP contribution is 2.32. The van der Waals surface area contributed by atoms with Gasteiger partial charge in [0.15, 0.2) is 6.10 Å².